The number of para-hydroxylation sites is 2. The molecular formula is C16H23N5. The third kappa shape index (κ3) is 3.54. The Hall–Kier alpha value is -2.04. The molecule has 5 nitrogen and oxygen atoms in total. The number of imidazole rings is 1. The Morgan fingerprint density at radius 1 is 1.43 bits per heavy atom. The number of hydrogen-bond donors (Lipinski definition) is 3. The first-order valence-corrected chi connectivity index (χ1v) is 7.67. The van der Waals surface area contributed by atoms with Gasteiger partial charge in [0.2, 0.25) is 0 Å². The summed E-state index contributed by atoms with van der Waals surface area (Å²) < 4.78 is 0. The van der Waals surface area contributed by atoms with Crippen molar-refractivity contribution in [3.8, 4) is 0 Å². The summed E-state index contributed by atoms with van der Waals surface area (Å²) in [5.74, 6) is 2.74. The molecule has 112 valence electrons. The van der Waals surface area contributed by atoms with Gasteiger partial charge in [0.05, 0.1) is 11.0 Å². The predicted octanol–water partition coefficient (Wildman–Crippen LogP) is 2.07. The van der Waals surface area contributed by atoms with Crippen molar-refractivity contribution < 1.29 is 0 Å². The van der Waals surface area contributed by atoms with Crippen LogP contribution in [0.5, 0.6) is 0 Å². The minimum absolute atomic E-state index is 0.603. The summed E-state index contributed by atoms with van der Waals surface area (Å²) in [6.07, 6.45) is 3.22. The average Bonchev–Trinajstić information content (AvgIpc) is 3.02. The second-order valence-electron chi connectivity index (χ2n) is 5.77. The van der Waals surface area contributed by atoms with Crippen molar-refractivity contribution in [2.45, 2.75) is 32.2 Å². The minimum Gasteiger partial charge on any atom is -0.356 e. The van der Waals surface area contributed by atoms with E-state index in [2.05, 4.69) is 38.6 Å². The largest absolute Gasteiger partial charge is 0.356 e. The number of benzene rings is 1. The van der Waals surface area contributed by atoms with Crippen LogP contribution >= 0.6 is 0 Å². The van der Waals surface area contributed by atoms with Gasteiger partial charge in [-0.15, -0.1) is 0 Å². The second kappa shape index (κ2) is 6.16. The van der Waals surface area contributed by atoms with Crippen LogP contribution in [0, 0.1) is 5.92 Å². The van der Waals surface area contributed by atoms with Crippen molar-refractivity contribution in [2.75, 3.05) is 13.6 Å². The summed E-state index contributed by atoms with van der Waals surface area (Å²) in [5.41, 5.74) is 2.15. The molecule has 0 aliphatic heterocycles. The highest BCUT2D eigenvalue weighted by molar-refractivity contribution is 5.80. The lowest BCUT2D eigenvalue weighted by atomic mass is 10.3. The quantitative estimate of drug-likeness (QED) is 0.447. The Labute approximate surface area is 125 Å². The van der Waals surface area contributed by atoms with Gasteiger partial charge < -0.3 is 15.6 Å². The van der Waals surface area contributed by atoms with Crippen molar-refractivity contribution in [1.82, 2.24) is 20.6 Å². The molecule has 5 heteroatoms. The van der Waals surface area contributed by atoms with E-state index in [9.17, 15) is 0 Å². The number of aryl methyl sites for hydroxylation is 1. The Kier molecular flexibility index (Phi) is 4.08. The van der Waals surface area contributed by atoms with Gasteiger partial charge in [-0.3, -0.25) is 4.99 Å². The zero-order chi connectivity index (χ0) is 14.7. The van der Waals surface area contributed by atoms with Crippen molar-refractivity contribution >= 4 is 17.0 Å². The van der Waals surface area contributed by atoms with Gasteiger partial charge in [-0.2, -0.15) is 0 Å². The average molecular weight is 285 g/mol. The molecule has 1 aromatic carbocycles. The molecule has 0 bridgehead atoms. The van der Waals surface area contributed by atoms with E-state index in [1.165, 1.54) is 6.42 Å². The number of aliphatic imine (C=N–C) groups is 1. The molecule has 1 saturated carbocycles. The lowest BCUT2D eigenvalue weighted by Gasteiger charge is -2.10. The molecule has 0 spiro atoms. The monoisotopic (exact) mass is 285 g/mol. The van der Waals surface area contributed by atoms with Gasteiger partial charge in [0.1, 0.15) is 5.82 Å². The van der Waals surface area contributed by atoms with E-state index in [0.29, 0.717) is 6.04 Å². The molecule has 2 unspecified atom stereocenters. The number of nitrogens with zero attached hydrogens (tertiary/aromatic N) is 2. The molecule has 0 amide bonds. The number of H-pyrrole nitrogens is 1. The van der Waals surface area contributed by atoms with E-state index >= 15 is 0 Å². The zero-order valence-corrected chi connectivity index (χ0v) is 12.7. The van der Waals surface area contributed by atoms with Gasteiger partial charge in [0.25, 0.3) is 0 Å². The summed E-state index contributed by atoms with van der Waals surface area (Å²) in [5, 5.41) is 6.79. The molecule has 1 aliphatic carbocycles. The van der Waals surface area contributed by atoms with Crippen LogP contribution in [0.1, 0.15) is 25.6 Å². The van der Waals surface area contributed by atoms with Gasteiger partial charge in [-0.25, -0.2) is 4.98 Å². The van der Waals surface area contributed by atoms with Crippen molar-refractivity contribution in [2.24, 2.45) is 10.9 Å². The van der Waals surface area contributed by atoms with Crippen LogP contribution in [0.4, 0.5) is 0 Å². The van der Waals surface area contributed by atoms with E-state index in [0.717, 1.165) is 48.1 Å². The molecule has 1 fully saturated rings. The van der Waals surface area contributed by atoms with E-state index in [1.54, 1.807) is 0 Å². The maximum atomic E-state index is 4.59. The number of aromatic amines is 1. The highest BCUT2D eigenvalue weighted by atomic mass is 15.2. The number of guanidine groups is 1. The van der Waals surface area contributed by atoms with Crippen LogP contribution in [0.3, 0.4) is 0 Å². The van der Waals surface area contributed by atoms with Crippen LogP contribution in [-0.4, -0.2) is 35.6 Å². The van der Waals surface area contributed by atoms with Crippen LogP contribution in [0.25, 0.3) is 11.0 Å². The maximum Gasteiger partial charge on any atom is 0.191 e. The van der Waals surface area contributed by atoms with Crippen molar-refractivity contribution in [3.63, 3.8) is 0 Å². The summed E-state index contributed by atoms with van der Waals surface area (Å²) in [6, 6.07) is 8.75. The molecule has 0 saturated heterocycles. The fraction of sp³-hybridized carbons (Fsp3) is 0.500. The first-order chi connectivity index (χ1) is 10.3. The van der Waals surface area contributed by atoms with Crippen molar-refractivity contribution in [3.05, 3.63) is 30.1 Å². The first-order valence-electron chi connectivity index (χ1n) is 7.67. The molecule has 2 aromatic rings. The van der Waals surface area contributed by atoms with E-state index in [-0.39, 0.29) is 0 Å². The zero-order valence-electron chi connectivity index (χ0n) is 12.7. The van der Waals surface area contributed by atoms with Gasteiger partial charge in [0, 0.05) is 26.1 Å². The lowest BCUT2D eigenvalue weighted by Crippen LogP contribution is -2.39. The Bertz CT molecular complexity index is 597. The summed E-state index contributed by atoms with van der Waals surface area (Å²) in [4.78, 5) is 12.2. The maximum absolute atomic E-state index is 4.59. The number of hydrogen-bond acceptors (Lipinski definition) is 2. The third-order valence-electron chi connectivity index (χ3n) is 3.98. The number of nitrogens with one attached hydrogen (secondary N) is 3. The number of rotatable bonds is 5. The smallest absolute Gasteiger partial charge is 0.191 e. The normalized spacial score (nSPS) is 21.5. The molecule has 3 N–H and O–H groups in total. The Morgan fingerprint density at radius 2 is 2.24 bits per heavy atom. The van der Waals surface area contributed by atoms with Crippen LogP contribution in [-0.2, 0) is 6.42 Å². The van der Waals surface area contributed by atoms with Gasteiger partial charge in [-0.1, -0.05) is 19.1 Å². The Morgan fingerprint density at radius 3 is 2.95 bits per heavy atom. The highest BCUT2D eigenvalue weighted by Crippen LogP contribution is 2.28. The molecule has 0 radical (unpaired) electrons. The predicted molar refractivity (Wildman–Crippen MR) is 86.5 cm³/mol. The van der Waals surface area contributed by atoms with Crippen LogP contribution in [0.15, 0.2) is 29.3 Å². The molecular weight excluding hydrogens is 262 g/mol. The van der Waals surface area contributed by atoms with E-state index in [1.807, 2.05) is 25.2 Å². The molecule has 3 rings (SSSR count). The lowest BCUT2D eigenvalue weighted by molar-refractivity contribution is 0.715. The fourth-order valence-electron chi connectivity index (χ4n) is 2.48. The first kappa shape index (κ1) is 13.9. The van der Waals surface area contributed by atoms with Gasteiger partial charge in [-0.05, 0) is 30.9 Å². The number of fused-ring (bicyclic) bond motifs is 1. The van der Waals surface area contributed by atoms with E-state index in [4.69, 9.17) is 0 Å². The van der Waals surface area contributed by atoms with Crippen LogP contribution in [0.2, 0.25) is 0 Å². The Balaban J connectivity index is 1.43. The SMILES string of the molecule is CN=C(NCCCc1nc2ccccc2[nH]1)NC1CC1C. The second-order valence-corrected chi connectivity index (χ2v) is 5.77. The molecule has 1 aliphatic rings. The topological polar surface area (TPSA) is 65.1 Å². The summed E-state index contributed by atoms with van der Waals surface area (Å²) >= 11 is 0. The minimum atomic E-state index is 0.603. The van der Waals surface area contributed by atoms with Crippen LogP contribution < -0.4 is 10.6 Å². The van der Waals surface area contributed by atoms with E-state index < -0.39 is 0 Å². The molecule has 2 atom stereocenters. The van der Waals surface area contributed by atoms with Gasteiger partial charge >= 0.3 is 0 Å². The standard InChI is InChI=1S/C16H23N5/c1-11-10-14(11)21-16(17-2)18-9-5-8-15-19-12-6-3-4-7-13(12)20-15/h3-4,6-7,11,14H,5,8-10H2,1-2H3,(H,19,20)(H2,17,18,21). The van der Waals surface area contributed by atoms with Crippen molar-refractivity contribution in [1.29, 1.82) is 0 Å². The molecule has 21 heavy (non-hydrogen) atoms. The fourth-order valence-corrected chi connectivity index (χ4v) is 2.48. The third-order valence-corrected chi connectivity index (χ3v) is 3.98. The summed E-state index contributed by atoms with van der Waals surface area (Å²) in [7, 11) is 1.82. The highest BCUT2D eigenvalue weighted by Gasteiger charge is 2.33. The van der Waals surface area contributed by atoms with Gasteiger partial charge in [0.15, 0.2) is 5.96 Å². The summed E-state index contributed by atoms with van der Waals surface area (Å²) in [6.45, 7) is 3.16. The molecule has 1 aromatic heterocycles. The number of aromatic nitrogens is 2. The molecule has 1 heterocycles.